The molecular formula is C15H22N4O2. The Kier molecular flexibility index (Phi) is 7.71. The van der Waals surface area contributed by atoms with Crippen molar-refractivity contribution in [3.63, 3.8) is 0 Å². The van der Waals surface area contributed by atoms with E-state index in [0.717, 1.165) is 5.69 Å². The summed E-state index contributed by atoms with van der Waals surface area (Å²) in [6.45, 7) is 6.72. The topological polar surface area (TPSA) is 67.7 Å². The second-order valence-electron chi connectivity index (χ2n) is 4.00. The number of carbonyl (C=O) groups excluding carboxylic acids is 1. The van der Waals surface area contributed by atoms with Crippen LogP contribution in [0.25, 0.3) is 0 Å². The molecule has 0 spiro atoms. The summed E-state index contributed by atoms with van der Waals surface area (Å²) in [6, 6.07) is 3.75. The van der Waals surface area contributed by atoms with Crippen molar-refractivity contribution in [2.24, 2.45) is 5.10 Å². The molecule has 21 heavy (non-hydrogen) atoms. The van der Waals surface area contributed by atoms with E-state index in [1.165, 1.54) is 0 Å². The zero-order chi connectivity index (χ0) is 15.5. The Labute approximate surface area is 125 Å². The standard InChI is InChI=1S/C13H16N4O2.C2H6/c1-2-19-13(18)6-9-17-8-5-11(10-15-17)12-4-3-7-14-16-12;1-2/h3-5,7-8,10-11H,2,6,9H2,1H3;1-2H3. The molecule has 0 amide bonds. The van der Waals surface area contributed by atoms with Crippen molar-refractivity contribution in [2.45, 2.75) is 33.1 Å². The maximum Gasteiger partial charge on any atom is 0.307 e. The second kappa shape index (κ2) is 9.63. The van der Waals surface area contributed by atoms with Gasteiger partial charge in [0.05, 0.1) is 31.2 Å². The summed E-state index contributed by atoms with van der Waals surface area (Å²) in [5.41, 5.74) is 0.854. The third-order valence-electron chi connectivity index (χ3n) is 2.63. The third-order valence-corrected chi connectivity index (χ3v) is 2.63. The Bertz CT molecular complexity index is 460. The highest BCUT2D eigenvalue weighted by Crippen LogP contribution is 2.16. The summed E-state index contributed by atoms with van der Waals surface area (Å²) < 4.78 is 4.86. The molecule has 2 heterocycles. The average molecular weight is 290 g/mol. The second-order valence-corrected chi connectivity index (χ2v) is 4.00. The number of carbonyl (C=O) groups is 1. The maximum atomic E-state index is 11.2. The first-order chi connectivity index (χ1) is 10.3. The number of nitrogens with zero attached hydrogens (tertiary/aromatic N) is 4. The minimum atomic E-state index is -0.206. The van der Waals surface area contributed by atoms with Crippen LogP contribution in [0.4, 0.5) is 0 Å². The molecule has 0 N–H and O–H groups in total. The van der Waals surface area contributed by atoms with Crippen LogP contribution in [0, 0.1) is 0 Å². The molecule has 0 saturated heterocycles. The summed E-state index contributed by atoms with van der Waals surface area (Å²) in [5, 5.41) is 13.9. The van der Waals surface area contributed by atoms with E-state index in [1.54, 1.807) is 24.3 Å². The summed E-state index contributed by atoms with van der Waals surface area (Å²) in [4.78, 5) is 11.2. The van der Waals surface area contributed by atoms with Gasteiger partial charge in [0, 0.05) is 18.6 Å². The fraction of sp³-hybridized carbons (Fsp3) is 0.467. The van der Waals surface area contributed by atoms with Gasteiger partial charge >= 0.3 is 5.97 Å². The first-order valence-electron chi connectivity index (χ1n) is 7.22. The molecule has 0 bridgehead atoms. The van der Waals surface area contributed by atoms with Gasteiger partial charge in [0.25, 0.3) is 0 Å². The lowest BCUT2D eigenvalue weighted by atomic mass is 10.1. The molecule has 6 heteroatoms. The minimum Gasteiger partial charge on any atom is -0.466 e. The predicted octanol–water partition coefficient (Wildman–Crippen LogP) is 2.35. The molecule has 0 fully saturated rings. The molecule has 0 radical (unpaired) electrons. The van der Waals surface area contributed by atoms with Gasteiger partial charge in [-0.05, 0) is 19.1 Å². The van der Waals surface area contributed by atoms with Crippen molar-refractivity contribution in [3.8, 4) is 0 Å². The molecule has 1 aromatic rings. The van der Waals surface area contributed by atoms with E-state index in [9.17, 15) is 4.79 Å². The molecule has 1 aliphatic heterocycles. The minimum absolute atomic E-state index is 0.0348. The van der Waals surface area contributed by atoms with Gasteiger partial charge < -0.3 is 4.74 Å². The maximum absolute atomic E-state index is 11.2. The summed E-state index contributed by atoms with van der Waals surface area (Å²) >= 11 is 0. The van der Waals surface area contributed by atoms with Crippen LogP contribution >= 0.6 is 0 Å². The Morgan fingerprint density at radius 3 is 2.81 bits per heavy atom. The molecule has 1 aliphatic rings. The van der Waals surface area contributed by atoms with Crippen molar-refractivity contribution in [2.75, 3.05) is 13.2 Å². The lowest BCUT2D eigenvalue weighted by Gasteiger charge is -2.19. The Morgan fingerprint density at radius 1 is 1.43 bits per heavy atom. The molecule has 1 unspecified atom stereocenters. The molecule has 0 aliphatic carbocycles. The van der Waals surface area contributed by atoms with E-state index in [-0.39, 0.29) is 11.9 Å². The highest BCUT2D eigenvalue weighted by Gasteiger charge is 2.13. The number of aromatic nitrogens is 2. The number of ether oxygens (including phenoxy) is 1. The zero-order valence-electron chi connectivity index (χ0n) is 12.8. The predicted molar refractivity (Wildman–Crippen MR) is 81.7 cm³/mol. The highest BCUT2D eigenvalue weighted by atomic mass is 16.5. The monoisotopic (exact) mass is 290 g/mol. The van der Waals surface area contributed by atoms with Gasteiger partial charge in [0.2, 0.25) is 0 Å². The highest BCUT2D eigenvalue weighted by molar-refractivity contribution is 5.71. The number of esters is 1. The third kappa shape index (κ3) is 5.72. The van der Waals surface area contributed by atoms with Crippen molar-refractivity contribution >= 4 is 12.2 Å². The van der Waals surface area contributed by atoms with Gasteiger partial charge in [-0.1, -0.05) is 19.9 Å². The van der Waals surface area contributed by atoms with E-state index in [1.807, 2.05) is 38.3 Å². The largest absolute Gasteiger partial charge is 0.466 e. The van der Waals surface area contributed by atoms with Crippen LogP contribution in [0.3, 0.4) is 0 Å². The fourth-order valence-corrected chi connectivity index (χ4v) is 1.68. The van der Waals surface area contributed by atoms with E-state index in [2.05, 4.69) is 15.3 Å². The van der Waals surface area contributed by atoms with Crippen molar-refractivity contribution in [1.29, 1.82) is 0 Å². The van der Waals surface area contributed by atoms with E-state index in [4.69, 9.17) is 4.74 Å². The van der Waals surface area contributed by atoms with Gasteiger partial charge in [-0.25, -0.2) is 0 Å². The lowest BCUT2D eigenvalue weighted by molar-refractivity contribution is -0.143. The number of hydrogen-bond donors (Lipinski definition) is 0. The molecule has 1 atom stereocenters. The summed E-state index contributed by atoms with van der Waals surface area (Å²) in [7, 11) is 0. The smallest absolute Gasteiger partial charge is 0.307 e. The fourth-order valence-electron chi connectivity index (χ4n) is 1.68. The van der Waals surface area contributed by atoms with Gasteiger partial charge in [0.15, 0.2) is 0 Å². The molecule has 2 rings (SSSR count). The van der Waals surface area contributed by atoms with E-state index in [0.29, 0.717) is 19.6 Å². The molecule has 6 nitrogen and oxygen atoms in total. The van der Waals surface area contributed by atoms with Gasteiger partial charge in [-0.2, -0.15) is 15.3 Å². The van der Waals surface area contributed by atoms with E-state index >= 15 is 0 Å². The zero-order valence-corrected chi connectivity index (χ0v) is 12.8. The van der Waals surface area contributed by atoms with Crippen LogP contribution < -0.4 is 0 Å². The van der Waals surface area contributed by atoms with Crippen LogP contribution in [0.15, 0.2) is 35.7 Å². The average Bonchev–Trinajstić information content (AvgIpc) is 2.56. The van der Waals surface area contributed by atoms with Crippen LogP contribution in [-0.2, 0) is 9.53 Å². The van der Waals surface area contributed by atoms with Crippen molar-refractivity contribution < 1.29 is 9.53 Å². The van der Waals surface area contributed by atoms with Gasteiger partial charge in [0.1, 0.15) is 0 Å². The van der Waals surface area contributed by atoms with E-state index < -0.39 is 0 Å². The molecule has 1 aromatic heterocycles. The van der Waals surface area contributed by atoms with Crippen molar-refractivity contribution in [3.05, 3.63) is 36.3 Å². The van der Waals surface area contributed by atoms with Crippen LogP contribution in [0.2, 0.25) is 0 Å². The van der Waals surface area contributed by atoms with Crippen molar-refractivity contribution in [1.82, 2.24) is 15.2 Å². The Balaban J connectivity index is 0.00000106. The summed E-state index contributed by atoms with van der Waals surface area (Å²) in [5.74, 6) is -0.172. The number of hydrogen-bond acceptors (Lipinski definition) is 6. The molecule has 0 aromatic carbocycles. The van der Waals surface area contributed by atoms with Gasteiger partial charge in [-0.3, -0.25) is 9.80 Å². The first kappa shape index (κ1) is 16.8. The summed E-state index contributed by atoms with van der Waals surface area (Å²) in [6.07, 6.45) is 7.57. The first-order valence-corrected chi connectivity index (χ1v) is 7.22. The number of hydrazone groups is 1. The SMILES string of the molecule is CC.CCOC(=O)CCN1C=CC(c2cccnn2)C=N1. The van der Waals surface area contributed by atoms with Gasteiger partial charge in [-0.15, -0.1) is 0 Å². The molecular weight excluding hydrogens is 268 g/mol. The Morgan fingerprint density at radius 2 is 2.24 bits per heavy atom. The quantitative estimate of drug-likeness (QED) is 0.779. The van der Waals surface area contributed by atoms with Crippen LogP contribution in [-0.4, -0.2) is 40.5 Å². The lowest BCUT2D eigenvalue weighted by Crippen LogP contribution is -2.20. The Hall–Kier alpha value is -2.24. The molecule has 114 valence electrons. The normalized spacial score (nSPS) is 16.1. The number of allylic oxidation sites excluding steroid dienone is 1. The van der Waals surface area contributed by atoms with Crippen LogP contribution in [0.1, 0.15) is 38.8 Å². The molecule has 0 saturated carbocycles. The number of rotatable bonds is 5. The van der Waals surface area contributed by atoms with Crippen LogP contribution in [0.5, 0.6) is 0 Å².